The molecule has 9 heteroatoms. The third-order valence-corrected chi connectivity index (χ3v) is 16.5. The maximum Gasteiger partial charge on any atom is 0.242 e. The smallest absolute Gasteiger partial charge is 0.242 e. The Bertz CT molecular complexity index is 4530. The van der Waals surface area contributed by atoms with Crippen molar-refractivity contribution in [3.8, 4) is 23.3 Å². The molecule has 0 unspecified atom stereocenters. The van der Waals surface area contributed by atoms with E-state index >= 15 is 0 Å². The van der Waals surface area contributed by atoms with E-state index in [4.69, 9.17) is 24.9 Å². The van der Waals surface area contributed by atoms with Gasteiger partial charge in [0.25, 0.3) is 0 Å². The molecule has 0 bridgehead atoms. The van der Waals surface area contributed by atoms with Gasteiger partial charge >= 0.3 is 0 Å². The lowest BCUT2D eigenvalue weighted by Crippen LogP contribution is -2.34. The topological polar surface area (TPSA) is 83.1 Å². The molecule has 5 heterocycles. The van der Waals surface area contributed by atoms with Crippen LogP contribution in [0.15, 0.2) is 297 Å². The van der Waals surface area contributed by atoms with Crippen molar-refractivity contribution in [2.24, 2.45) is 0 Å². The van der Waals surface area contributed by atoms with Crippen molar-refractivity contribution in [3.05, 3.63) is 342 Å². The van der Waals surface area contributed by atoms with Crippen LogP contribution in [0.25, 0.3) is 79.0 Å². The van der Waals surface area contributed by atoms with Crippen LogP contribution < -0.4 is 0 Å². The van der Waals surface area contributed by atoms with Crippen LogP contribution in [0.3, 0.4) is 0 Å². The van der Waals surface area contributed by atoms with Gasteiger partial charge in [-0.2, -0.15) is 15.0 Å². The van der Waals surface area contributed by atoms with Crippen LogP contribution >= 0.6 is 0 Å². The molecule has 0 spiro atoms. The Kier molecular flexibility index (Phi) is 10.8. The van der Waals surface area contributed by atoms with E-state index < -0.39 is 10.8 Å². The summed E-state index contributed by atoms with van der Waals surface area (Å²) in [6.45, 7) is 0. The highest BCUT2D eigenvalue weighted by molar-refractivity contribution is 5.93. The molecule has 0 N–H and O–H groups in total. The van der Waals surface area contributed by atoms with Crippen molar-refractivity contribution in [2.75, 3.05) is 0 Å². The van der Waals surface area contributed by atoms with Crippen molar-refractivity contribution in [2.45, 2.75) is 10.8 Å². The quantitative estimate of drug-likeness (QED) is 0.121. The Morgan fingerprint density at radius 3 is 0.841 bits per heavy atom. The van der Waals surface area contributed by atoms with Crippen molar-refractivity contribution < 1.29 is 0 Å². The second-order valence-electron chi connectivity index (χ2n) is 20.9. The number of hydrogen-bond acceptors (Lipinski definition) is 5. The first-order chi connectivity index (χ1) is 40.7. The van der Waals surface area contributed by atoms with Crippen molar-refractivity contribution in [1.82, 2.24) is 42.9 Å². The first kappa shape index (κ1) is 47.0. The predicted octanol–water partition coefficient (Wildman–Crippen LogP) is 15.8. The normalized spacial score (nSPS) is 12.1. The zero-order valence-corrected chi connectivity index (χ0v) is 44.3. The average Bonchev–Trinajstić information content (AvgIpc) is 4.37. The Morgan fingerprint density at radius 2 is 0.512 bits per heavy atom. The molecular weight excluding hydrogens is 1000 g/mol. The molecule has 11 aromatic carbocycles. The molecule has 0 amide bonds. The molecule has 82 heavy (non-hydrogen) atoms. The Balaban J connectivity index is 1.10. The van der Waals surface area contributed by atoms with Gasteiger partial charge in [0, 0.05) is 5.56 Å². The molecule has 0 fully saturated rings. The molecule has 0 aliphatic heterocycles. The molecular formula is C73H49N9. The van der Waals surface area contributed by atoms with E-state index in [1.807, 2.05) is 12.1 Å². The number of hydrogen-bond donors (Lipinski definition) is 0. The molecule has 386 valence electrons. The second kappa shape index (κ2) is 18.8. The predicted molar refractivity (Wildman–Crippen MR) is 328 cm³/mol. The van der Waals surface area contributed by atoms with Gasteiger partial charge in [-0.1, -0.05) is 237 Å². The van der Waals surface area contributed by atoms with Gasteiger partial charge in [-0.3, -0.25) is 8.80 Å². The fourth-order valence-corrected chi connectivity index (χ4v) is 13.1. The summed E-state index contributed by atoms with van der Waals surface area (Å²) < 4.78 is 8.59. The maximum absolute atomic E-state index is 5.76. The third-order valence-electron chi connectivity index (χ3n) is 16.5. The van der Waals surface area contributed by atoms with E-state index in [2.05, 4.69) is 303 Å². The Morgan fingerprint density at radius 1 is 0.232 bits per heavy atom. The lowest BCUT2D eigenvalue weighted by atomic mass is 9.61. The molecule has 0 saturated heterocycles. The number of rotatable bonds is 11. The minimum Gasteiger partial charge on any atom is -0.276 e. The van der Waals surface area contributed by atoms with Crippen molar-refractivity contribution in [3.63, 3.8) is 0 Å². The lowest BCUT2D eigenvalue weighted by molar-refractivity contribution is 0.718. The molecule has 16 rings (SSSR count). The largest absolute Gasteiger partial charge is 0.276 e. The summed E-state index contributed by atoms with van der Waals surface area (Å²) in [5.74, 6) is 2.64. The Labute approximate surface area is 472 Å². The molecule has 0 radical (unpaired) electrons. The lowest BCUT2D eigenvalue weighted by Gasteiger charge is -2.40. The first-order valence-electron chi connectivity index (χ1n) is 27.7. The van der Waals surface area contributed by atoms with E-state index in [-0.39, 0.29) is 0 Å². The number of fused-ring (bicyclic) bond motifs is 10. The standard InChI is InChI=1S/C73H49N9/c1-7-27-51(28-8-1)72(52-29-9-2-10-30-52,53-31-11-3-12-32-53)57-47-50(48-58(49-57)73(54-33-13-4-14-34-54,55-35-15-5-16-36-55)56-37-17-6-18-38-56)67-76-68(81-65-45-25-23-43-63(65)79-61-41-21-19-39-59(61)74-70(79)81)78-69(77-67)82-66-46-26-24-44-64(66)80-62-42-22-20-40-60(62)75-71(80)82/h1-49H. The van der Waals surface area contributed by atoms with Gasteiger partial charge in [0.15, 0.2) is 5.82 Å². The van der Waals surface area contributed by atoms with Crippen LogP contribution in [-0.4, -0.2) is 42.9 Å². The number of aromatic nitrogens is 9. The first-order valence-corrected chi connectivity index (χ1v) is 27.7. The van der Waals surface area contributed by atoms with Gasteiger partial charge < -0.3 is 0 Å². The van der Waals surface area contributed by atoms with E-state index in [1.165, 1.54) is 0 Å². The maximum atomic E-state index is 5.76. The molecule has 0 atom stereocenters. The summed E-state index contributed by atoms with van der Waals surface area (Å²) in [5.41, 5.74) is 15.2. The number of imidazole rings is 4. The van der Waals surface area contributed by atoms with E-state index in [1.54, 1.807) is 0 Å². The van der Waals surface area contributed by atoms with Crippen LogP contribution in [0.4, 0.5) is 0 Å². The molecule has 0 saturated carbocycles. The fraction of sp³-hybridized carbons (Fsp3) is 0.0274. The van der Waals surface area contributed by atoms with Gasteiger partial charge in [-0.15, -0.1) is 0 Å². The van der Waals surface area contributed by atoms with Gasteiger partial charge in [0.1, 0.15) is 0 Å². The van der Waals surface area contributed by atoms with E-state index in [0.717, 1.165) is 94.2 Å². The highest BCUT2D eigenvalue weighted by Gasteiger charge is 2.43. The second-order valence-corrected chi connectivity index (χ2v) is 20.9. The van der Waals surface area contributed by atoms with Gasteiger partial charge in [0.2, 0.25) is 23.5 Å². The summed E-state index contributed by atoms with van der Waals surface area (Å²) in [5, 5.41) is 0. The number of nitrogens with zero attached hydrogens (tertiary/aromatic N) is 9. The molecule has 9 nitrogen and oxygen atoms in total. The van der Waals surface area contributed by atoms with Gasteiger partial charge in [-0.05, 0) is 105 Å². The third kappa shape index (κ3) is 7.03. The van der Waals surface area contributed by atoms with Crippen molar-refractivity contribution in [1.29, 1.82) is 0 Å². The van der Waals surface area contributed by atoms with Gasteiger partial charge in [0.05, 0.1) is 55.0 Å². The van der Waals surface area contributed by atoms with E-state index in [0.29, 0.717) is 29.3 Å². The summed E-state index contributed by atoms with van der Waals surface area (Å²) in [7, 11) is 0. The summed E-state index contributed by atoms with van der Waals surface area (Å²) in [6.07, 6.45) is 0. The number of para-hydroxylation sites is 8. The summed E-state index contributed by atoms with van der Waals surface area (Å²) in [6, 6.07) is 106. The SMILES string of the molecule is c1ccc(C(c2ccccc2)(c2ccccc2)c2cc(-c3nc(-n4c5ccccc5n5c6ccccc6nc45)nc(-n4c5ccccc5n5c6ccccc6nc45)n3)cc(C(c3ccccc3)(c3ccccc3)c3ccccc3)c2)cc1. The number of benzene rings is 11. The zero-order chi connectivity index (χ0) is 54.2. The highest BCUT2D eigenvalue weighted by Crippen LogP contribution is 2.51. The zero-order valence-electron chi connectivity index (χ0n) is 44.3. The van der Waals surface area contributed by atoms with Crippen LogP contribution in [0.5, 0.6) is 0 Å². The molecule has 16 aromatic rings. The van der Waals surface area contributed by atoms with Gasteiger partial charge in [-0.25, -0.2) is 19.1 Å². The van der Waals surface area contributed by atoms with Crippen molar-refractivity contribution >= 4 is 55.7 Å². The molecule has 0 aliphatic carbocycles. The molecule has 0 aliphatic rings. The van der Waals surface area contributed by atoms with Crippen LogP contribution in [0.2, 0.25) is 0 Å². The minimum atomic E-state index is -0.874. The fourth-order valence-electron chi connectivity index (χ4n) is 13.1. The minimum absolute atomic E-state index is 0.404. The highest BCUT2D eigenvalue weighted by atomic mass is 15.3. The molecule has 5 aromatic heterocycles. The average molecular weight is 1050 g/mol. The summed E-state index contributed by atoms with van der Waals surface area (Å²) >= 11 is 0. The van der Waals surface area contributed by atoms with Crippen LogP contribution in [0, 0.1) is 0 Å². The van der Waals surface area contributed by atoms with Crippen LogP contribution in [-0.2, 0) is 10.8 Å². The monoisotopic (exact) mass is 1050 g/mol. The Hall–Kier alpha value is -11.0. The van der Waals surface area contributed by atoms with Crippen LogP contribution in [0.1, 0.15) is 44.5 Å². The van der Waals surface area contributed by atoms with E-state index in [9.17, 15) is 0 Å². The summed E-state index contributed by atoms with van der Waals surface area (Å²) in [4.78, 5) is 27.8.